The highest BCUT2D eigenvalue weighted by Gasteiger charge is 2.12. The van der Waals surface area contributed by atoms with E-state index in [0.29, 0.717) is 24.6 Å². The lowest BCUT2D eigenvalue weighted by atomic mass is 10.2. The number of furan rings is 1. The molecule has 0 aliphatic heterocycles. The maximum atomic E-state index is 12.8. The third kappa shape index (κ3) is 4.60. The number of hydrogen-bond donors (Lipinski definition) is 2. The molecule has 2 rings (SSSR count). The molecule has 1 amide bonds. The maximum Gasteiger partial charge on any atom is 0.287 e. The molecule has 22 heavy (non-hydrogen) atoms. The lowest BCUT2D eigenvalue weighted by Crippen LogP contribution is -2.31. The van der Waals surface area contributed by atoms with Gasteiger partial charge in [-0.1, -0.05) is 6.92 Å². The molecule has 1 aromatic carbocycles. The standard InChI is InChI=1S/C16H19FN2O3/c1-11(8-18)9-19-16(20)15-7-6-14(22-15)10-21-13-4-2-12(17)3-5-13/h2-7,11H,8-10,18H2,1H3,(H,19,20). The molecule has 6 heteroatoms. The number of halogens is 1. The molecule has 0 aliphatic rings. The van der Waals surface area contributed by atoms with Crippen LogP contribution in [-0.2, 0) is 6.61 Å². The van der Waals surface area contributed by atoms with Gasteiger partial charge in [0.2, 0.25) is 0 Å². The molecule has 1 aromatic heterocycles. The highest BCUT2D eigenvalue weighted by molar-refractivity contribution is 5.91. The highest BCUT2D eigenvalue weighted by Crippen LogP contribution is 2.15. The zero-order valence-electron chi connectivity index (χ0n) is 12.3. The molecule has 1 heterocycles. The second kappa shape index (κ2) is 7.61. The van der Waals surface area contributed by atoms with Crippen LogP contribution >= 0.6 is 0 Å². The predicted molar refractivity (Wildman–Crippen MR) is 80.0 cm³/mol. The van der Waals surface area contributed by atoms with Gasteiger partial charge in [-0.2, -0.15) is 0 Å². The fourth-order valence-corrected chi connectivity index (χ4v) is 1.70. The van der Waals surface area contributed by atoms with E-state index in [9.17, 15) is 9.18 Å². The first-order valence-corrected chi connectivity index (χ1v) is 7.04. The summed E-state index contributed by atoms with van der Waals surface area (Å²) in [6.07, 6.45) is 0. The van der Waals surface area contributed by atoms with Crippen LogP contribution in [0.4, 0.5) is 4.39 Å². The molecule has 0 aliphatic carbocycles. The van der Waals surface area contributed by atoms with Gasteiger partial charge in [0.25, 0.3) is 5.91 Å². The van der Waals surface area contributed by atoms with Gasteiger partial charge in [0.05, 0.1) is 0 Å². The van der Waals surface area contributed by atoms with E-state index < -0.39 is 0 Å². The van der Waals surface area contributed by atoms with Gasteiger partial charge in [-0.25, -0.2) is 4.39 Å². The second-order valence-corrected chi connectivity index (χ2v) is 5.06. The van der Waals surface area contributed by atoms with Crippen molar-refractivity contribution in [2.24, 2.45) is 11.7 Å². The van der Waals surface area contributed by atoms with Crippen LogP contribution in [-0.4, -0.2) is 19.0 Å². The Morgan fingerprint density at radius 1 is 1.32 bits per heavy atom. The number of nitrogens with one attached hydrogen (secondary N) is 1. The molecule has 2 aromatic rings. The molecule has 118 valence electrons. The van der Waals surface area contributed by atoms with Crippen molar-refractivity contribution >= 4 is 5.91 Å². The first-order chi connectivity index (χ1) is 10.6. The molecule has 1 unspecified atom stereocenters. The Morgan fingerprint density at radius 3 is 2.73 bits per heavy atom. The maximum absolute atomic E-state index is 12.8. The molecule has 1 atom stereocenters. The average molecular weight is 306 g/mol. The molecule has 0 radical (unpaired) electrons. The first-order valence-electron chi connectivity index (χ1n) is 7.04. The Kier molecular flexibility index (Phi) is 5.55. The molecule has 5 nitrogen and oxygen atoms in total. The van der Waals surface area contributed by atoms with Crippen LogP contribution in [0.15, 0.2) is 40.8 Å². The van der Waals surface area contributed by atoms with Gasteiger partial charge in [-0.3, -0.25) is 4.79 Å². The van der Waals surface area contributed by atoms with Crippen LogP contribution in [0.2, 0.25) is 0 Å². The number of amides is 1. The van der Waals surface area contributed by atoms with Crippen LogP contribution in [0.1, 0.15) is 23.2 Å². The van der Waals surface area contributed by atoms with Gasteiger partial charge < -0.3 is 20.2 Å². The number of nitrogens with two attached hydrogens (primary N) is 1. The topological polar surface area (TPSA) is 77.5 Å². The molecule has 3 N–H and O–H groups in total. The molecule has 0 fully saturated rings. The zero-order valence-corrected chi connectivity index (χ0v) is 12.3. The summed E-state index contributed by atoms with van der Waals surface area (Å²) in [4.78, 5) is 11.9. The number of hydrogen-bond acceptors (Lipinski definition) is 4. The summed E-state index contributed by atoms with van der Waals surface area (Å²) >= 11 is 0. The third-order valence-electron chi connectivity index (χ3n) is 3.09. The minimum atomic E-state index is -0.323. The van der Waals surface area contributed by atoms with E-state index in [1.54, 1.807) is 12.1 Å². The van der Waals surface area contributed by atoms with Crippen LogP contribution in [0.25, 0.3) is 0 Å². The lowest BCUT2D eigenvalue weighted by Gasteiger charge is -2.08. The normalized spacial score (nSPS) is 12.0. The predicted octanol–water partition coefficient (Wildman–Crippen LogP) is 2.32. The average Bonchev–Trinajstić information content (AvgIpc) is 3.00. The summed E-state index contributed by atoms with van der Waals surface area (Å²) in [6, 6.07) is 8.95. The Bertz CT molecular complexity index is 610. The summed E-state index contributed by atoms with van der Waals surface area (Å²) < 4.78 is 23.6. The monoisotopic (exact) mass is 306 g/mol. The lowest BCUT2D eigenvalue weighted by molar-refractivity contribution is 0.0916. The number of carbonyl (C=O) groups is 1. The third-order valence-corrected chi connectivity index (χ3v) is 3.09. The quantitative estimate of drug-likeness (QED) is 0.823. The summed E-state index contributed by atoms with van der Waals surface area (Å²) in [5.74, 6) is 0.869. The van der Waals surface area contributed by atoms with Crippen molar-refractivity contribution in [3.63, 3.8) is 0 Å². The number of benzene rings is 1. The van der Waals surface area contributed by atoms with E-state index in [4.69, 9.17) is 14.9 Å². The summed E-state index contributed by atoms with van der Waals surface area (Å²) in [7, 11) is 0. The summed E-state index contributed by atoms with van der Waals surface area (Å²) in [6.45, 7) is 3.12. The van der Waals surface area contributed by atoms with Crippen LogP contribution in [0.3, 0.4) is 0 Å². The van der Waals surface area contributed by atoms with Crippen molar-refractivity contribution in [1.82, 2.24) is 5.32 Å². The van der Waals surface area contributed by atoms with Crippen LogP contribution in [0.5, 0.6) is 5.75 Å². The molecular weight excluding hydrogens is 287 g/mol. The van der Waals surface area contributed by atoms with Gasteiger partial charge in [0.15, 0.2) is 5.76 Å². The smallest absolute Gasteiger partial charge is 0.287 e. The van der Waals surface area contributed by atoms with E-state index in [2.05, 4.69) is 5.32 Å². The molecular formula is C16H19FN2O3. The Morgan fingerprint density at radius 2 is 2.05 bits per heavy atom. The summed E-state index contributed by atoms with van der Waals surface area (Å²) in [5, 5.41) is 2.75. The minimum Gasteiger partial charge on any atom is -0.486 e. The van der Waals surface area contributed by atoms with Crippen LogP contribution in [0, 0.1) is 11.7 Å². The van der Waals surface area contributed by atoms with E-state index in [-0.39, 0.29) is 30.0 Å². The van der Waals surface area contributed by atoms with Gasteiger partial charge in [-0.05, 0) is 48.9 Å². The number of rotatable bonds is 7. The van der Waals surface area contributed by atoms with E-state index in [0.717, 1.165) is 0 Å². The fraction of sp³-hybridized carbons (Fsp3) is 0.312. The van der Waals surface area contributed by atoms with Crippen molar-refractivity contribution in [3.8, 4) is 5.75 Å². The van der Waals surface area contributed by atoms with Crippen molar-refractivity contribution in [3.05, 3.63) is 53.7 Å². The largest absolute Gasteiger partial charge is 0.486 e. The molecule has 0 bridgehead atoms. The van der Waals surface area contributed by atoms with Crippen molar-refractivity contribution in [2.45, 2.75) is 13.5 Å². The minimum absolute atomic E-state index is 0.165. The zero-order chi connectivity index (χ0) is 15.9. The van der Waals surface area contributed by atoms with E-state index >= 15 is 0 Å². The Hall–Kier alpha value is -2.34. The molecule has 0 saturated heterocycles. The van der Waals surface area contributed by atoms with Gasteiger partial charge in [-0.15, -0.1) is 0 Å². The SMILES string of the molecule is CC(CN)CNC(=O)c1ccc(COc2ccc(F)cc2)o1. The van der Waals surface area contributed by atoms with Crippen molar-refractivity contribution in [2.75, 3.05) is 13.1 Å². The fourth-order valence-electron chi connectivity index (χ4n) is 1.70. The Balaban J connectivity index is 1.85. The highest BCUT2D eigenvalue weighted by atomic mass is 19.1. The molecule has 0 saturated carbocycles. The second-order valence-electron chi connectivity index (χ2n) is 5.06. The first kappa shape index (κ1) is 16.0. The Labute approximate surface area is 128 Å². The van der Waals surface area contributed by atoms with Crippen molar-refractivity contribution < 1.29 is 18.3 Å². The van der Waals surface area contributed by atoms with E-state index in [1.807, 2.05) is 6.92 Å². The van der Waals surface area contributed by atoms with Crippen LogP contribution < -0.4 is 15.8 Å². The van der Waals surface area contributed by atoms with Gasteiger partial charge in [0, 0.05) is 6.54 Å². The summed E-state index contributed by atoms with van der Waals surface area (Å²) in [5.41, 5.74) is 5.49. The number of carbonyl (C=O) groups excluding carboxylic acids is 1. The van der Waals surface area contributed by atoms with Gasteiger partial charge >= 0.3 is 0 Å². The van der Waals surface area contributed by atoms with Crippen molar-refractivity contribution in [1.29, 1.82) is 0 Å². The van der Waals surface area contributed by atoms with E-state index in [1.165, 1.54) is 24.3 Å². The van der Waals surface area contributed by atoms with Gasteiger partial charge in [0.1, 0.15) is 23.9 Å². The number of ether oxygens (including phenoxy) is 1. The molecule has 0 spiro atoms.